The number of non-ortho nitro benzene ring substituents is 1. The maximum Gasteiger partial charge on any atom is 0.271 e. The molecule has 6 nitrogen and oxygen atoms in total. The van der Waals surface area contributed by atoms with Crippen LogP contribution in [0, 0.1) is 10.1 Å². The highest BCUT2D eigenvalue weighted by Crippen LogP contribution is 2.37. The summed E-state index contributed by atoms with van der Waals surface area (Å²) in [6.45, 7) is 0. The van der Waals surface area contributed by atoms with Crippen LogP contribution in [0.25, 0.3) is 21.3 Å². The van der Waals surface area contributed by atoms with Gasteiger partial charge in [0.2, 0.25) is 0 Å². The Morgan fingerprint density at radius 3 is 2.69 bits per heavy atom. The number of thiophene rings is 1. The van der Waals surface area contributed by atoms with Crippen LogP contribution in [0.15, 0.2) is 60.2 Å². The number of nitrogens with one attached hydrogen (secondary N) is 1. The normalized spacial score (nSPS) is 10.8. The molecule has 2 heterocycles. The zero-order chi connectivity index (χ0) is 18.1. The summed E-state index contributed by atoms with van der Waals surface area (Å²) in [4.78, 5) is 20.1. The van der Waals surface area contributed by atoms with E-state index in [0.29, 0.717) is 16.5 Å². The fraction of sp³-hybridized carbons (Fsp3) is 0. The van der Waals surface area contributed by atoms with Gasteiger partial charge in [0, 0.05) is 33.8 Å². The van der Waals surface area contributed by atoms with Crippen LogP contribution in [0.5, 0.6) is 0 Å². The number of hydrogen-bond donors (Lipinski definition) is 1. The SMILES string of the molecule is O=[N+]([O-])c1cccc(Nc2ncnc3scc(-c4ccc(Cl)cc4)c23)c1. The molecule has 0 radical (unpaired) electrons. The maximum absolute atomic E-state index is 11.0. The van der Waals surface area contributed by atoms with E-state index in [2.05, 4.69) is 15.3 Å². The first-order valence-electron chi connectivity index (χ1n) is 7.61. The Morgan fingerprint density at radius 1 is 1.12 bits per heavy atom. The fourth-order valence-corrected chi connectivity index (χ4v) is 3.69. The van der Waals surface area contributed by atoms with Crippen molar-refractivity contribution in [2.24, 2.45) is 0 Å². The standard InChI is InChI=1S/C18H11ClN4O2S/c19-12-6-4-11(5-7-12)15-9-26-18-16(15)17(20-10-21-18)22-13-2-1-3-14(8-13)23(24)25/h1-10H,(H,20,21,22). The van der Waals surface area contributed by atoms with Crippen LogP contribution < -0.4 is 5.32 Å². The minimum absolute atomic E-state index is 0.0172. The minimum atomic E-state index is -0.426. The number of anilines is 2. The number of rotatable bonds is 4. The highest BCUT2D eigenvalue weighted by Gasteiger charge is 2.14. The van der Waals surface area contributed by atoms with Crippen LogP contribution in [-0.4, -0.2) is 14.9 Å². The van der Waals surface area contributed by atoms with E-state index in [9.17, 15) is 10.1 Å². The van der Waals surface area contributed by atoms with Gasteiger partial charge in [-0.05, 0) is 23.8 Å². The van der Waals surface area contributed by atoms with E-state index < -0.39 is 4.92 Å². The summed E-state index contributed by atoms with van der Waals surface area (Å²) in [7, 11) is 0. The van der Waals surface area contributed by atoms with Gasteiger partial charge in [0.25, 0.3) is 5.69 Å². The topological polar surface area (TPSA) is 81.0 Å². The van der Waals surface area contributed by atoms with Crippen LogP contribution in [0.4, 0.5) is 17.2 Å². The predicted octanol–water partition coefficient (Wildman–Crippen LogP) is 5.66. The van der Waals surface area contributed by atoms with E-state index in [1.807, 2.05) is 29.6 Å². The number of aromatic nitrogens is 2. The van der Waals surface area contributed by atoms with Crippen LogP contribution >= 0.6 is 22.9 Å². The van der Waals surface area contributed by atoms with Crippen LogP contribution in [0.3, 0.4) is 0 Å². The van der Waals surface area contributed by atoms with Gasteiger partial charge in [-0.1, -0.05) is 29.8 Å². The molecule has 4 rings (SSSR count). The Labute approximate surface area is 157 Å². The first kappa shape index (κ1) is 16.4. The predicted molar refractivity (Wildman–Crippen MR) is 104 cm³/mol. The molecule has 0 fully saturated rings. The zero-order valence-electron chi connectivity index (χ0n) is 13.2. The molecule has 0 saturated carbocycles. The second kappa shape index (κ2) is 6.70. The lowest BCUT2D eigenvalue weighted by molar-refractivity contribution is -0.384. The number of fused-ring (bicyclic) bond motifs is 1. The van der Waals surface area contributed by atoms with Crippen molar-refractivity contribution >= 4 is 50.3 Å². The number of nitro groups is 1. The Kier molecular flexibility index (Phi) is 4.24. The van der Waals surface area contributed by atoms with Crippen LogP contribution in [0.1, 0.15) is 0 Å². The molecule has 0 saturated heterocycles. The van der Waals surface area contributed by atoms with E-state index >= 15 is 0 Å². The third-order valence-electron chi connectivity index (χ3n) is 3.85. The molecule has 0 aliphatic rings. The molecule has 0 aliphatic carbocycles. The van der Waals surface area contributed by atoms with Gasteiger partial charge in [-0.25, -0.2) is 9.97 Å². The molecule has 26 heavy (non-hydrogen) atoms. The fourth-order valence-electron chi connectivity index (χ4n) is 2.65. The largest absolute Gasteiger partial charge is 0.339 e. The van der Waals surface area contributed by atoms with E-state index in [0.717, 1.165) is 21.3 Å². The molecule has 0 aliphatic heterocycles. The molecule has 0 spiro atoms. The van der Waals surface area contributed by atoms with Crippen molar-refractivity contribution in [2.75, 3.05) is 5.32 Å². The second-order valence-electron chi connectivity index (χ2n) is 5.49. The lowest BCUT2D eigenvalue weighted by Crippen LogP contribution is -1.96. The smallest absolute Gasteiger partial charge is 0.271 e. The molecule has 2 aromatic carbocycles. The average Bonchev–Trinajstić information content (AvgIpc) is 3.08. The molecule has 8 heteroatoms. The number of benzene rings is 2. The van der Waals surface area contributed by atoms with Crippen molar-refractivity contribution in [1.82, 2.24) is 9.97 Å². The van der Waals surface area contributed by atoms with Crippen molar-refractivity contribution in [1.29, 1.82) is 0 Å². The summed E-state index contributed by atoms with van der Waals surface area (Å²) in [6.07, 6.45) is 1.48. The third kappa shape index (κ3) is 3.10. The Morgan fingerprint density at radius 2 is 1.92 bits per heavy atom. The van der Waals surface area contributed by atoms with E-state index in [-0.39, 0.29) is 5.69 Å². The molecular formula is C18H11ClN4O2S. The van der Waals surface area contributed by atoms with Gasteiger partial charge in [-0.2, -0.15) is 0 Å². The van der Waals surface area contributed by atoms with E-state index in [1.165, 1.54) is 29.8 Å². The van der Waals surface area contributed by atoms with E-state index in [1.54, 1.807) is 12.1 Å². The van der Waals surface area contributed by atoms with Crippen molar-refractivity contribution in [2.45, 2.75) is 0 Å². The summed E-state index contributed by atoms with van der Waals surface area (Å²) in [5.74, 6) is 0.599. The summed E-state index contributed by atoms with van der Waals surface area (Å²) in [5, 5.41) is 17.7. The molecule has 2 aromatic heterocycles. The van der Waals surface area contributed by atoms with Crippen LogP contribution in [-0.2, 0) is 0 Å². The number of hydrogen-bond acceptors (Lipinski definition) is 6. The lowest BCUT2D eigenvalue weighted by Gasteiger charge is -2.08. The summed E-state index contributed by atoms with van der Waals surface area (Å²) < 4.78 is 0. The number of halogens is 1. The first-order valence-corrected chi connectivity index (χ1v) is 8.87. The van der Waals surface area contributed by atoms with Crippen molar-refractivity contribution < 1.29 is 4.92 Å². The summed E-state index contributed by atoms with van der Waals surface area (Å²) in [6, 6.07) is 13.9. The molecule has 0 amide bonds. The third-order valence-corrected chi connectivity index (χ3v) is 4.98. The monoisotopic (exact) mass is 382 g/mol. The number of nitro benzene ring substituents is 1. The highest BCUT2D eigenvalue weighted by atomic mass is 35.5. The first-order chi connectivity index (χ1) is 12.6. The van der Waals surface area contributed by atoms with Crippen LogP contribution in [0.2, 0.25) is 5.02 Å². The molecule has 128 valence electrons. The molecule has 0 bridgehead atoms. The van der Waals surface area contributed by atoms with Gasteiger partial charge >= 0.3 is 0 Å². The van der Waals surface area contributed by atoms with Gasteiger partial charge in [-0.15, -0.1) is 11.3 Å². The highest BCUT2D eigenvalue weighted by molar-refractivity contribution is 7.17. The van der Waals surface area contributed by atoms with Gasteiger partial charge in [0.15, 0.2) is 0 Å². The quantitative estimate of drug-likeness (QED) is 0.363. The average molecular weight is 383 g/mol. The maximum atomic E-state index is 11.0. The Balaban J connectivity index is 1.80. The summed E-state index contributed by atoms with van der Waals surface area (Å²) in [5.41, 5.74) is 2.59. The van der Waals surface area contributed by atoms with E-state index in [4.69, 9.17) is 11.6 Å². The van der Waals surface area contributed by atoms with Crippen molar-refractivity contribution in [3.05, 3.63) is 75.4 Å². The molecular weight excluding hydrogens is 372 g/mol. The Hall–Kier alpha value is -3.03. The van der Waals surface area contributed by atoms with Gasteiger partial charge in [0.1, 0.15) is 17.0 Å². The van der Waals surface area contributed by atoms with Gasteiger partial charge < -0.3 is 5.32 Å². The van der Waals surface area contributed by atoms with Crippen molar-refractivity contribution in [3.63, 3.8) is 0 Å². The number of nitrogens with zero attached hydrogens (tertiary/aromatic N) is 3. The molecule has 4 aromatic rings. The minimum Gasteiger partial charge on any atom is -0.339 e. The summed E-state index contributed by atoms with van der Waals surface area (Å²) >= 11 is 7.49. The van der Waals surface area contributed by atoms with Gasteiger partial charge in [0.05, 0.1) is 10.3 Å². The Bertz CT molecular complexity index is 1110. The van der Waals surface area contributed by atoms with Crippen molar-refractivity contribution in [3.8, 4) is 11.1 Å². The lowest BCUT2D eigenvalue weighted by atomic mass is 10.1. The zero-order valence-corrected chi connectivity index (χ0v) is 14.8. The molecule has 1 N–H and O–H groups in total. The second-order valence-corrected chi connectivity index (χ2v) is 6.79. The molecule has 0 unspecified atom stereocenters. The molecule has 0 atom stereocenters. The van der Waals surface area contributed by atoms with Gasteiger partial charge in [-0.3, -0.25) is 10.1 Å².